The highest BCUT2D eigenvalue weighted by molar-refractivity contribution is 6.76. The molecule has 3 aromatic heterocycles. The van der Waals surface area contributed by atoms with Gasteiger partial charge in [-0.25, -0.2) is 9.97 Å². The molecular weight excluding hydrogens is 364 g/mol. The molecule has 6 heteroatoms. The molecule has 0 saturated heterocycles. The Bertz CT molecular complexity index is 1120. The first-order chi connectivity index (χ1) is 13.3. The third-order valence-electron chi connectivity index (χ3n) is 4.30. The van der Waals surface area contributed by atoms with Gasteiger partial charge in [-0.15, -0.1) is 5.92 Å². The monoisotopic (exact) mass is 390 g/mol. The summed E-state index contributed by atoms with van der Waals surface area (Å²) in [6.45, 7) is 11.4. The van der Waals surface area contributed by atoms with E-state index >= 15 is 0 Å². The van der Waals surface area contributed by atoms with Crippen molar-refractivity contribution < 1.29 is 0 Å². The van der Waals surface area contributed by atoms with Gasteiger partial charge in [0.1, 0.15) is 11.6 Å². The highest BCUT2D eigenvalue weighted by atomic mass is 28.3. The molecule has 28 heavy (non-hydrogen) atoms. The van der Waals surface area contributed by atoms with E-state index < -0.39 is 8.07 Å². The fraction of sp³-hybridized carbons (Fsp3) is 0.318. The molecule has 0 bridgehead atoms. The molecule has 1 N–H and O–H groups in total. The maximum atomic E-state index is 12.9. The molecule has 0 fully saturated rings. The van der Waals surface area contributed by atoms with E-state index in [2.05, 4.69) is 46.8 Å². The lowest BCUT2D eigenvalue weighted by Crippen LogP contribution is -2.22. The SMILES string of the molecule is CCn1c(=O)c(C#CC[Si](C)(C)C)cc2cnc(Nc3ccc(C)cn3)cc21. The molecule has 144 valence electrons. The fourth-order valence-corrected chi connectivity index (χ4v) is 3.44. The number of aromatic nitrogens is 3. The summed E-state index contributed by atoms with van der Waals surface area (Å²) in [6.07, 6.45) is 3.58. The molecule has 0 saturated carbocycles. The van der Waals surface area contributed by atoms with E-state index in [4.69, 9.17) is 0 Å². The van der Waals surface area contributed by atoms with Gasteiger partial charge in [0.05, 0.1) is 19.2 Å². The molecule has 0 aliphatic carbocycles. The number of rotatable bonds is 4. The first kappa shape index (κ1) is 19.8. The maximum absolute atomic E-state index is 12.9. The number of pyridine rings is 3. The maximum Gasteiger partial charge on any atom is 0.266 e. The van der Waals surface area contributed by atoms with Crippen LogP contribution in [0, 0.1) is 18.8 Å². The van der Waals surface area contributed by atoms with Crippen LogP contribution >= 0.6 is 0 Å². The lowest BCUT2D eigenvalue weighted by molar-refractivity contribution is 0.757. The van der Waals surface area contributed by atoms with Gasteiger partial charge in [0.15, 0.2) is 0 Å². The summed E-state index contributed by atoms with van der Waals surface area (Å²) in [5.41, 5.74) is 2.42. The molecule has 3 heterocycles. The van der Waals surface area contributed by atoms with Gasteiger partial charge in [-0.05, 0) is 31.5 Å². The van der Waals surface area contributed by atoms with Crippen LogP contribution in [0.4, 0.5) is 11.6 Å². The molecule has 0 aliphatic rings. The smallest absolute Gasteiger partial charge is 0.266 e. The summed E-state index contributed by atoms with van der Waals surface area (Å²) >= 11 is 0. The van der Waals surface area contributed by atoms with Crippen LogP contribution in [0.3, 0.4) is 0 Å². The van der Waals surface area contributed by atoms with Crippen LogP contribution < -0.4 is 10.9 Å². The van der Waals surface area contributed by atoms with Crippen molar-refractivity contribution in [3.8, 4) is 11.8 Å². The van der Waals surface area contributed by atoms with Crippen molar-refractivity contribution in [3.63, 3.8) is 0 Å². The second kappa shape index (κ2) is 7.99. The Morgan fingerprint density at radius 2 is 1.86 bits per heavy atom. The fourth-order valence-electron chi connectivity index (χ4n) is 2.82. The Balaban J connectivity index is 2.00. The van der Waals surface area contributed by atoms with Gasteiger partial charge in [0, 0.05) is 36.4 Å². The predicted octanol–water partition coefficient (Wildman–Crippen LogP) is 4.55. The molecule has 5 nitrogen and oxygen atoms in total. The predicted molar refractivity (Wildman–Crippen MR) is 119 cm³/mol. The number of nitrogens with zero attached hydrogens (tertiary/aromatic N) is 3. The highest BCUT2D eigenvalue weighted by Crippen LogP contribution is 2.19. The average molecular weight is 391 g/mol. The zero-order valence-corrected chi connectivity index (χ0v) is 18.1. The topological polar surface area (TPSA) is 59.8 Å². The Morgan fingerprint density at radius 3 is 2.50 bits per heavy atom. The zero-order chi connectivity index (χ0) is 20.3. The van der Waals surface area contributed by atoms with Crippen LogP contribution in [-0.4, -0.2) is 22.6 Å². The van der Waals surface area contributed by atoms with E-state index in [0.717, 1.165) is 28.3 Å². The van der Waals surface area contributed by atoms with E-state index in [1.165, 1.54) is 0 Å². The van der Waals surface area contributed by atoms with E-state index in [0.29, 0.717) is 17.9 Å². The van der Waals surface area contributed by atoms with E-state index in [1.54, 1.807) is 17.0 Å². The van der Waals surface area contributed by atoms with Crippen LogP contribution in [-0.2, 0) is 6.54 Å². The van der Waals surface area contributed by atoms with Crippen molar-refractivity contribution in [2.45, 2.75) is 46.1 Å². The zero-order valence-electron chi connectivity index (χ0n) is 17.1. The summed E-state index contributed by atoms with van der Waals surface area (Å²) in [5, 5.41) is 4.10. The molecule has 0 unspecified atom stereocenters. The number of fused-ring (bicyclic) bond motifs is 1. The third-order valence-corrected chi connectivity index (χ3v) is 5.54. The number of aryl methyl sites for hydroxylation is 2. The van der Waals surface area contributed by atoms with Crippen LogP contribution in [0.5, 0.6) is 0 Å². The summed E-state index contributed by atoms with van der Waals surface area (Å²) in [5.74, 6) is 7.67. The minimum atomic E-state index is -1.26. The van der Waals surface area contributed by atoms with Gasteiger partial charge in [0.2, 0.25) is 0 Å². The van der Waals surface area contributed by atoms with Gasteiger partial charge >= 0.3 is 0 Å². The molecule has 0 atom stereocenters. The molecule has 0 radical (unpaired) electrons. The standard InChI is InChI=1S/C22H26N4OSi/c1-6-26-19-13-21(25-20-10-9-16(2)14-23-20)24-15-18(19)12-17(22(26)27)8-7-11-28(3,4)5/h9-10,12-15H,6,11H2,1-5H3,(H,23,24,25). The second-order valence-electron chi connectivity index (χ2n) is 8.12. The van der Waals surface area contributed by atoms with Gasteiger partial charge in [-0.1, -0.05) is 31.6 Å². The quantitative estimate of drug-likeness (QED) is 0.524. The van der Waals surface area contributed by atoms with Crippen molar-refractivity contribution in [1.29, 1.82) is 0 Å². The Labute approximate surface area is 166 Å². The second-order valence-corrected chi connectivity index (χ2v) is 13.6. The molecule has 3 aromatic rings. The first-order valence-electron chi connectivity index (χ1n) is 9.49. The minimum Gasteiger partial charge on any atom is -0.325 e. The molecular formula is C22H26N4OSi. The number of hydrogen-bond acceptors (Lipinski definition) is 4. The lowest BCUT2D eigenvalue weighted by atomic mass is 10.2. The first-order valence-corrected chi connectivity index (χ1v) is 13.2. The van der Waals surface area contributed by atoms with Crippen LogP contribution in [0.2, 0.25) is 25.7 Å². The van der Waals surface area contributed by atoms with Crippen LogP contribution in [0.1, 0.15) is 18.1 Å². The van der Waals surface area contributed by atoms with Gasteiger partial charge < -0.3 is 9.88 Å². The van der Waals surface area contributed by atoms with E-state index in [1.807, 2.05) is 38.1 Å². The Morgan fingerprint density at radius 1 is 1.11 bits per heavy atom. The molecule has 0 amide bonds. The van der Waals surface area contributed by atoms with Crippen molar-refractivity contribution in [2.24, 2.45) is 0 Å². The molecule has 0 aliphatic heterocycles. The Kier molecular flexibility index (Phi) is 5.66. The number of anilines is 2. The van der Waals surface area contributed by atoms with Gasteiger partial charge in [-0.2, -0.15) is 0 Å². The summed E-state index contributed by atoms with van der Waals surface area (Å²) in [6, 6.07) is 8.51. The molecule has 3 rings (SSSR count). The lowest BCUT2D eigenvalue weighted by Gasteiger charge is -2.12. The van der Waals surface area contributed by atoms with Crippen LogP contribution in [0.15, 0.2) is 41.5 Å². The van der Waals surface area contributed by atoms with Crippen molar-refractivity contribution >= 4 is 30.6 Å². The third kappa shape index (κ3) is 4.67. The van der Waals surface area contributed by atoms with Gasteiger partial charge in [-0.3, -0.25) is 4.79 Å². The van der Waals surface area contributed by atoms with Crippen LogP contribution in [0.25, 0.3) is 10.9 Å². The summed E-state index contributed by atoms with van der Waals surface area (Å²) < 4.78 is 1.75. The van der Waals surface area contributed by atoms with E-state index in [-0.39, 0.29) is 5.56 Å². The summed E-state index contributed by atoms with van der Waals surface area (Å²) in [4.78, 5) is 21.7. The molecule has 0 aromatic carbocycles. The Hall–Kier alpha value is -2.91. The average Bonchev–Trinajstić information content (AvgIpc) is 2.63. The summed E-state index contributed by atoms with van der Waals surface area (Å²) in [7, 11) is -1.26. The molecule has 0 spiro atoms. The minimum absolute atomic E-state index is 0.0521. The van der Waals surface area contributed by atoms with Gasteiger partial charge in [0.25, 0.3) is 5.56 Å². The normalized spacial score (nSPS) is 11.2. The number of hydrogen-bond donors (Lipinski definition) is 1. The van der Waals surface area contributed by atoms with E-state index in [9.17, 15) is 4.79 Å². The number of nitrogens with one attached hydrogen (secondary N) is 1. The van der Waals surface area contributed by atoms with Crippen molar-refractivity contribution in [1.82, 2.24) is 14.5 Å². The van der Waals surface area contributed by atoms with Crippen molar-refractivity contribution in [2.75, 3.05) is 5.32 Å². The highest BCUT2D eigenvalue weighted by Gasteiger charge is 2.11. The van der Waals surface area contributed by atoms with Crippen molar-refractivity contribution in [3.05, 3.63) is 58.1 Å². The largest absolute Gasteiger partial charge is 0.325 e.